The van der Waals surface area contributed by atoms with E-state index in [0.29, 0.717) is 27.6 Å². The molecule has 30 heavy (non-hydrogen) atoms. The van der Waals surface area contributed by atoms with E-state index in [1.165, 1.54) is 6.07 Å². The molecule has 0 saturated carbocycles. The van der Waals surface area contributed by atoms with Crippen molar-refractivity contribution < 1.29 is 9.59 Å². The first kappa shape index (κ1) is 20.4. The number of amides is 1. The van der Waals surface area contributed by atoms with Gasteiger partial charge in [-0.25, -0.2) is 4.98 Å². The molecule has 0 aliphatic rings. The number of hydrogen-bond acceptors (Lipinski definition) is 3. The van der Waals surface area contributed by atoms with Crippen molar-refractivity contribution in [2.24, 2.45) is 0 Å². The molecule has 2 aromatic heterocycles. The minimum Gasteiger partial charge on any atom is -0.327 e. The largest absolute Gasteiger partial charge is 0.327 e. The van der Waals surface area contributed by atoms with Crippen molar-refractivity contribution in [1.29, 1.82) is 0 Å². The van der Waals surface area contributed by atoms with Gasteiger partial charge in [-0.2, -0.15) is 0 Å². The van der Waals surface area contributed by atoms with Crippen molar-refractivity contribution in [2.75, 3.05) is 5.32 Å². The first-order valence-corrected chi connectivity index (χ1v) is 10.0. The summed E-state index contributed by atoms with van der Waals surface area (Å²) in [6.45, 7) is 0.472. The van der Waals surface area contributed by atoms with Gasteiger partial charge in [-0.3, -0.25) is 9.59 Å². The van der Waals surface area contributed by atoms with Gasteiger partial charge in [0.05, 0.1) is 16.3 Å². The van der Waals surface area contributed by atoms with Crippen molar-refractivity contribution in [2.45, 2.75) is 6.54 Å². The van der Waals surface area contributed by atoms with Gasteiger partial charge < -0.3 is 9.88 Å². The second kappa shape index (κ2) is 8.48. The Balaban J connectivity index is 1.66. The van der Waals surface area contributed by atoms with Crippen LogP contribution in [0, 0.1) is 0 Å². The lowest BCUT2D eigenvalue weighted by atomic mass is 10.1. The molecule has 150 valence electrons. The molecule has 4 aromatic rings. The van der Waals surface area contributed by atoms with Crippen LogP contribution in [0.25, 0.3) is 11.0 Å². The van der Waals surface area contributed by atoms with E-state index < -0.39 is 11.7 Å². The van der Waals surface area contributed by atoms with E-state index in [1.807, 2.05) is 16.7 Å². The highest BCUT2D eigenvalue weighted by molar-refractivity contribution is 6.49. The summed E-state index contributed by atoms with van der Waals surface area (Å²) in [5, 5.41) is 4.44. The highest BCUT2D eigenvalue weighted by atomic mass is 35.5. The van der Waals surface area contributed by atoms with E-state index in [4.69, 9.17) is 34.8 Å². The summed E-state index contributed by atoms with van der Waals surface area (Å²) in [6, 6.07) is 15.5. The number of aromatic nitrogens is 2. The first-order valence-electron chi connectivity index (χ1n) is 8.91. The summed E-state index contributed by atoms with van der Waals surface area (Å²) < 4.78 is 1.82. The average molecular weight is 459 g/mol. The minimum atomic E-state index is -0.812. The SMILES string of the molecule is O=C(Nc1cc(Cl)ccc1Cl)C(=O)c1cn(Cc2ccc(Cl)cc2)c2ncccc12. The summed E-state index contributed by atoms with van der Waals surface area (Å²) in [7, 11) is 0. The van der Waals surface area contributed by atoms with Crippen LogP contribution in [0.4, 0.5) is 5.69 Å². The number of anilines is 1. The summed E-state index contributed by atoms with van der Waals surface area (Å²) in [4.78, 5) is 29.9. The zero-order valence-electron chi connectivity index (χ0n) is 15.4. The van der Waals surface area contributed by atoms with Crippen molar-refractivity contribution >= 4 is 63.2 Å². The zero-order chi connectivity index (χ0) is 21.3. The van der Waals surface area contributed by atoms with E-state index in [0.717, 1.165) is 5.56 Å². The molecule has 0 aliphatic carbocycles. The molecule has 1 amide bonds. The second-order valence-electron chi connectivity index (χ2n) is 6.58. The zero-order valence-corrected chi connectivity index (χ0v) is 17.7. The molecule has 2 aromatic carbocycles. The van der Waals surface area contributed by atoms with E-state index in [9.17, 15) is 9.59 Å². The lowest BCUT2D eigenvalue weighted by molar-refractivity contribution is -0.112. The van der Waals surface area contributed by atoms with Crippen LogP contribution >= 0.6 is 34.8 Å². The monoisotopic (exact) mass is 457 g/mol. The highest BCUT2D eigenvalue weighted by Gasteiger charge is 2.23. The summed E-state index contributed by atoms with van der Waals surface area (Å²) in [5.74, 6) is -1.51. The van der Waals surface area contributed by atoms with Crippen LogP contribution in [-0.4, -0.2) is 21.2 Å². The van der Waals surface area contributed by atoms with E-state index in [2.05, 4.69) is 10.3 Å². The van der Waals surface area contributed by atoms with E-state index >= 15 is 0 Å². The quantitative estimate of drug-likeness (QED) is 0.301. The third kappa shape index (κ3) is 4.19. The Morgan fingerprint density at radius 2 is 1.70 bits per heavy atom. The van der Waals surface area contributed by atoms with Crippen LogP contribution in [0.1, 0.15) is 15.9 Å². The second-order valence-corrected chi connectivity index (χ2v) is 7.86. The Hall–Kier alpha value is -2.86. The molecule has 4 rings (SSSR count). The van der Waals surface area contributed by atoms with Crippen molar-refractivity contribution in [3.05, 3.63) is 93.2 Å². The fourth-order valence-electron chi connectivity index (χ4n) is 3.11. The molecule has 0 spiro atoms. The average Bonchev–Trinajstić information content (AvgIpc) is 3.10. The van der Waals surface area contributed by atoms with Gasteiger partial charge in [-0.05, 0) is 48.0 Å². The van der Waals surface area contributed by atoms with Gasteiger partial charge in [0.2, 0.25) is 0 Å². The maximum Gasteiger partial charge on any atom is 0.296 e. The number of ketones is 1. The molecule has 0 fully saturated rings. The van der Waals surface area contributed by atoms with Crippen molar-refractivity contribution in [1.82, 2.24) is 9.55 Å². The number of benzene rings is 2. The molecule has 0 radical (unpaired) electrons. The van der Waals surface area contributed by atoms with Crippen LogP contribution in [0.2, 0.25) is 15.1 Å². The Kier molecular flexibility index (Phi) is 5.77. The third-order valence-corrected chi connectivity index (χ3v) is 5.34. The van der Waals surface area contributed by atoms with Gasteiger partial charge >= 0.3 is 0 Å². The van der Waals surface area contributed by atoms with E-state index in [-0.39, 0.29) is 16.3 Å². The third-order valence-electron chi connectivity index (χ3n) is 4.53. The number of carbonyl (C=O) groups is 2. The van der Waals surface area contributed by atoms with Crippen LogP contribution in [0.3, 0.4) is 0 Å². The summed E-state index contributed by atoms with van der Waals surface area (Å²) in [6.07, 6.45) is 3.27. The van der Waals surface area contributed by atoms with Gasteiger partial charge in [0.25, 0.3) is 11.7 Å². The number of pyridine rings is 1. The molecule has 5 nitrogen and oxygen atoms in total. The number of halogens is 3. The van der Waals surface area contributed by atoms with Gasteiger partial charge in [-0.15, -0.1) is 0 Å². The van der Waals surface area contributed by atoms with Crippen LogP contribution in [0.15, 0.2) is 67.0 Å². The molecule has 0 bridgehead atoms. The molecule has 0 saturated heterocycles. The van der Waals surface area contributed by atoms with Crippen LogP contribution in [-0.2, 0) is 11.3 Å². The maximum atomic E-state index is 12.9. The number of hydrogen-bond donors (Lipinski definition) is 1. The molecule has 2 heterocycles. The normalized spacial score (nSPS) is 10.9. The van der Waals surface area contributed by atoms with E-state index in [1.54, 1.807) is 48.8 Å². The lowest BCUT2D eigenvalue weighted by Crippen LogP contribution is -2.23. The number of rotatable bonds is 5. The number of carbonyl (C=O) groups excluding carboxylic acids is 2. The Morgan fingerprint density at radius 1 is 0.967 bits per heavy atom. The van der Waals surface area contributed by atoms with Crippen LogP contribution < -0.4 is 5.32 Å². The molecular formula is C22H14Cl3N3O2. The van der Waals surface area contributed by atoms with Crippen molar-refractivity contribution in [3.8, 4) is 0 Å². The highest BCUT2D eigenvalue weighted by Crippen LogP contribution is 2.26. The fourth-order valence-corrected chi connectivity index (χ4v) is 3.57. The molecule has 0 unspecified atom stereocenters. The minimum absolute atomic E-state index is 0.253. The number of Topliss-reactive ketones (excluding diaryl/α,β-unsaturated/α-hetero) is 1. The lowest BCUT2D eigenvalue weighted by Gasteiger charge is -2.06. The van der Waals surface area contributed by atoms with Gasteiger partial charge in [0.1, 0.15) is 5.65 Å². The Morgan fingerprint density at radius 3 is 2.47 bits per heavy atom. The molecule has 1 N–H and O–H groups in total. The predicted molar refractivity (Wildman–Crippen MR) is 120 cm³/mol. The van der Waals surface area contributed by atoms with Gasteiger partial charge in [0, 0.05) is 34.4 Å². The molecule has 8 heteroatoms. The molecular weight excluding hydrogens is 445 g/mol. The number of nitrogens with zero attached hydrogens (tertiary/aromatic N) is 2. The summed E-state index contributed by atoms with van der Waals surface area (Å²) >= 11 is 18.0. The van der Waals surface area contributed by atoms with Gasteiger partial charge in [-0.1, -0.05) is 46.9 Å². The molecule has 0 atom stereocenters. The topological polar surface area (TPSA) is 64.0 Å². The van der Waals surface area contributed by atoms with Gasteiger partial charge in [0.15, 0.2) is 0 Å². The predicted octanol–water partition coefficient (Wildman–Crippen LogP) is 5.87. The fraction of sp³-hybridized carbons (Fsp3) is 0.0455. The first-order chi connectivity index (χ1) is 14.4. The van der Waals surface area contributed by atoms with Crippen LogP contribution in [0.5, 0.6) is 0 Å². The molecule has 0 aliphatic heterocycles. The smallest absolute Gasteiger partial charge is 0.296 e. The number of fused-ring (bicyclic) bond motifs is 1. The standard InChI is InChI=1S/C22H14Cl3N3O2/c23-14-5-3-13(4-6-14)11-28-12-17(16-2-1-9-26-21(16)28)20(29)22(30)27-19-10-15(24)7-8-18(19)25/h1-10,12H,11H2,(H,27,30). The summed E-state index contributed by atoms with van der Waals surface area (Å²) in [5.41, 5.74) is 2.11. The number of nitrogens with one attached hydrogen (secondary N) is 1. The Labute approximate surface area is 187 Å². The Bertz CT molecular complexity index is 1270. The maximum absolute atomic E-state index is 12.9. The van der Waals surface area contributed by atoms with Crippen molar-refractivity contribution in [3.63, 3.8) is 0 Å².